The van der Waals surface area contributed by atoms with E-state index in [1.54, 1.807) is 0 Å². The van der Waals surface area contributed by atoms with Crippen LogP contribution in [0.15, 0.2) is 88.2 Å². The SMILES string of the molecule is COC(=O)N[C@H](C(=O)N1C(C)CC[C@H]1c1ncc(C2=CC3=COC4=CC5C(=CC=C6N=C([C@@H]7C[C@H](C)CN7C(=O)O)NC65)C=C4C3C=C2)[nH]1)C(C)C. The van der Waals surface area contributed by atoms with Gasteiger partial charge in [-0.3, -0.25) is 9.69 Å². The number of alkyl carbamates (subject to hydrolysis) is 1. The summed E-state index contributed by atoms with van der Waals surface area (Å²) in [6, 6.07) is -1.31. The maximum Gasteiger partial charge on any atom is 0.407 e. The van der Waals surface area contributed by atoms with Crippen LogP contribution in [-0.4, -0.2) is 86.6 Å². The van der Waals surface area contributed by atoms with Gasteiger partial charge >= 0.3 is 12.2 Å². The fourth-order valence-electron chi connectivity index (χ4n) is 8.71. The number of likely N-dealkylation sites (tertiary alicyclic amines) is 2. The van der Waals surface area contributed by atoms with Gasteiger partial charge in [0, 0.05) is 30.0 Å². The van der Waals surface area contributed by atoms with Crippen LogP contribution in [-0.2, 0) is 14.3 Å². The molecule has 2 fully saturated rings. The lowest BCUT2D eigenvalue weighted by Gasteiger charge is -2.35. The number of methoxy groups -OCH3 is 1. The second-order valence-electron chi connectivity index (χ2n) is 15.2. The van der Waals surface area contributed by atoms with Crippen molar-refractivity contribution in [3.8, 4) is 0 Å². The van der Waals surface area contributed by atoms with Gasteiger partial charge in [0.15, 0.2) is 0 Å². The number of ether oxygens (including phenoxy) is 2. The number of H-pyrrole nitrogens is 1. The Morgan fingerprint density at radius 1 is 1.12 bits per heavy atom. The third-order valence-corrected chi connectivity index (χ3v) is 11.4. The zero-order chi connectivity index (χ0) is 36.4. The maximum absolute atomic E-state index is 13.8. The van der Waals surface area contributed by atoms with Gasteiger partial charge < -0.3 is 35.1 Å². The highest BCUT2D eigenvalue weighted by Crippen LogP contribution is 2.46. The summed E-state index contributed by atoms with van der Waals surface area (Å²) in [4.78, 5) is 54.2. The first-order chi connectivity index (χ1) is 25.0. The monoisotopic (exact) mass is 707 g/mol. The number of aliphatic imine (C=N–C) groups is 1. The second kappa shape index (κ2) is 13.0. The quantitative estimate of drug-likeness (QED) is 0.308. The van der Waals surface area contributed by atoms with Crippen LogP contribution in [0.25, 0.3) is 5.57 Å². The van der Waals surface area contributed by atoms with Crippen molar-refractivity contribution in [3.05, 3.63) is 94.7 Å². The predicted octanol–water partition coefficient (Wildman–Crippen LogP) is 5.35. The third-order valence-electron chi connectivity index (χ3n) is 11.4. The third kappa shape index (κ3) is 5.75. The molecule has 1 aromatic heterocycles. The van der Waals surface area contributed by atoms with Crippen LogP contribution in [0.1, 0.15) is 64.5 Å². The molecule has 4 N–H and O–H groups in total. The van der Waals surface area contributed by atoms with Crippen LogP contribution >= 0.6 is 0 Å². The molecule has 52 heavy (non-hydrogen) atoms. The van der Waals surface area contributed by atoms with Crippen LogP contribution in [0.4, 0.5) is 9.59 Å². The van der Waals surface area contributed by atoms with Gasteiger partial charge in [0.25, 0.3) is 0 Å². The highest BCUT2D eigenvalue weighted by molar-refractivity contribution is 5.94. The summed E-state index contributed by atoms with van der Waals surface area (Å²) in [5.41, 5.74) is 5.99. The lowest BCUT2D eigenvalue weighted by atomic mass is 9.75. The number of nitrogens with zero attached hydrogens (tertiary/aromatic N) is 4. The molecular formula is C39H45N7O6. The number of amidine groups is 1. The molecule has 5 heterocycles. The Morgan fingerprint density at radius 2 is 1.94 bits per heavy atom. The summed E-state index contributed by atoms with van der Waals surface area (Å²) < 4.78 is 11.1. The van der Waals surface area contributed by atoms with E-state index in [2.05, 4.69) is 59.0 Å². The summed E-state index contributed by atoms with van der Waals surface area (Å²) in [6.45, 7) is 8.43. The van der Waals surface area contributed by atoms with Gasteiger partial charge in [0.2, 0.25) is 5.91 Å². The molecule has 13 heteroatoms. The molecule has 3 amide bonds. The average Bonchev–Trinajstić information content (AvgIpc) is 3.94. The molecule has 8 atom stereocenters. The number of carboxylic acid groups (broad SMARTS) is 1. The number of hydrogen-bond donors (Lipinski definition) is 4. The minimum Gasteiger partial charge on any atom is -0.465 e. The van der Waals surface area contributed by atoms with Crippen molar-refractivity contribution in [2.24, 2.45) is 28.7 Å². The molecule has 0 radical (unpaired) electrons. The Bertz CT molecular complexity index is 1960. The number of rotatable bonds is 6. The number of carbonyl (C=O) groups excluding carboxylic acids is 2. The number of amides is 3. The molecule has 7 aliphatic rings. The molecule has 8 rings (SSSR count). The number of fused-ring (bicyclic) bond motifs is 6. The van der Waals surface area contributed by atoms with E-state index >= 15 is 0 Å². The van der Waals surface area contributed by atoms with Crippen LogP contribution < -0.4 is 10.6 Å². The van der Waals surface area contributed by atoms with Crippen LogP contribution in [0.5, 0.6) is 0 Å². The molecule has 0 aromatic carbocycles. The number of aromatic amines is 1. The van der Waals surface area contributed by atoms with E-state index < -0.39 is 18.2 Å². The number of nitrogens with one attached hydrogen (secondary N) is 3. The predicted molar refractivity (Wildman–Crippen MR) is 193 cm³/mol. The average molecular weight is 708 g/mol. The first-order valence-corrected chi connectivity index (χ1v) is 18.2. The van der Waals surface area contributed by atoms with Crippen LogP contribution in [0.3, 0.4) is 0 Å². The normalized spacial score (nSPS) is 30.5. The summed E-state index contributed by atoms with van der Waals surface area (Å²) >= 11 is 0. The minimum absolute atomic E-state index is 0.00439. The molecule has 0 spiro atoms. The van der Waals surface area contributed by atoms with Gasteiger partial charge in [-0.1, -0.05) is 45.1 Å². The minimum atomic E-state index is -0.911. The molecule has 0 bridgehead atoms. The topological polar surface area (TPSA) is 161 Å². The number of allylic oxidation sites excluding steroid dienone is 9. The van der Waals surface area contributed by atoms with Gasteiger partial charge in [0.1, 0.15) is 23.5 Å². The van der Waals surface area contributed by atoms with E-state index in [4.69, 9.17) is 19.5 Å². The van der Waals surface area contributed by atoms with E-state index in [1.807, 2.05) is 44.2 Å². The smallest absolute Gasteiger partial charge is 0.407 e. The van der Waals surface area contributed by atoms with E-state index in [0.29, 0.717) is 12.4 Å². The number of imidazole rings is 1. The second-order valence-corrected chi connectivity index (χ2v) is 15.2. The molecule has 13 nitrogen and oxygen atoms in total. The zero-order valence-electron chi connectivity index (χ0n) is 30.0. The highest BCUT2D eigenvalue weighted by atomic mass is 16.5. The van der Waals surface area contributed by atoms with Crippen molar-refractivity contribution >= 4 is 29.5 Å². The van der Waals surface area contributed by atoms with Gasteiger partial charge in [-0.05, 0) is 73.0 Å². The van der Waals surface area contributed by atoms with Crippen molar-refractivity contribution in [2.45, 2.75) is 77.2 Å². The van der Waals surface area contributed by atoms with Gasteiger partial charge in [-0.2, -0.15) is 0 Å². The van der Waals surface area contributed by atoms with Gasteiger partial charge in [-0.15, -0.1) is 0 Å². The molecule has 2 saturated heterocycles. The number of aromatic nitrogens is 2. The zero-order valence-corrected chi connectivity index (χ0v) is 30.0. The Labute approximate surface area is 302 Å². The molecule has 4 unspecified atom stereocenters. The number of hydrogen-bond acceptors (Lipinski definition) is 8. The van der Waals surface area contributed by atoms with Crippen LogP contribution in [0.2, 0.25) is 0 Å². The maximum atomic E-state index is 13.8. The largest absolute Gasteiger partial charge is 0.465 e. The molecule has 0 saturated carbocycles. The van der Waals surface area contributed by atoms with E-state index in [1.165, 1.54) is 12.0 Å². The van der Waals surface area contributed by atoms with Crippen molar-refractivity contribution in [1.29, 1.82) is 0 Å². The van der Waals surface area contributed by atoms with Crippen molar-refractivity contribution in [2.75, 3.05) is 13.7 Å². The summed E-state index contributed by atoms with van der Waals surface area (Å²) in [5.74, 6) is 2.30. The standard InChI is InChI=1S/C39H45N7O6/c1-19(2)33(44-38(48)51-5)37(47)46-21(4)6-11-30(46)35-40-16-29(42-35)23-7-9-25-24(13-23)18-52-32-15-26-22(14-27(25)32)8-10-28-34(26)43-36(41-28)31-12-20(3)17-45(31)39(49)50/h7-10,13-16,18-21,25-26,30-31,33-34H,6,11-12,17H2,1-5H3,(H,40,42)(H,41,43)(H,44,48)(H,49,50)/t20-,21?,25?,26?,30-,31-,33-,34?/m0/s1. The Hall–Kier alpha value is -5.33. The molecule has 3 aliphatic carbocycles. The first kappa shape index (κ1) is 33.8. The lowest BCUT2D eigenvalue weighted by molar-refractivity contribution is -0.137. The summed E-state index contributed by atoms with van der Waals surface area (Å²) in [6.07, 6.45) is 19.4. The lowest BCUT2D eigenvalue weighted by Crippen LogP contribution is -2.52. The molecule has 272 valence electrons. The van der Waals surface area contributed by atoms with E-state index in [-0.39, 0.29) is 53.7 Å². The van der Waals surface area contributed by atoms with E-state index in [0.717, 1.165) is 64.5 Å². The first-order valence-electron chi connectivity index (χ1n) is 18.2. The Balaban J connectivity index is 0.985. The van der Waals surface area contributed by atoms with Crippen molar-refractivity contribution in [1.82, 2.24) is 30.4 Å². The van der Waals surface area contributed by atoms with Gasteiger partial charge in [0.05, 0.1) is 49.1 Å². The fourth-order valence-corrected chi connectivity index (χ4v) is 8.71. The molecule has 4 aliphatic heterocycles. The summed E-state index contributed by atoms with van der Waals surface area (Å²) in [5, 5.41) is 16.1. The Morgan fingerprint density at radius 3 is 2.71 bits per heavy atom. The highest BCUT2D eigenvalue weighted by Gasteiger charge is 2.44. The van der Waals surface area contributed by atoms with Crippen LogP contribution in [0, 0.1) is 23.7 Å². The Kier molecular flexibility index (Phi) is 8.46. The number of carbonyl (C=O) groups is 3. The summed E-state index contributed by atoms with van der Waals surface area (Å²) in [7, 11) is 1.29. The van der Waals surface area contributed by atoms with Crippen molar-refractivity contribution < 1.29 is 29.0 Å². The molecular weight excluding hydrogens is 662 g/mol. The molecule has 1 aromatic rings. The van der Waals surface area contributed by atoms with Crippen molar-refractivity contribution in [3.63, 3.8) is 0 Å². The fraction of sp³-hybridized carbons (Fsp3) is 0.462. The van der Waals surface area contributed by atoms with E-state index in [9.17, 15) is 19.5 Å². The van der Waals surface area contributed by atoms with Gasteiger partial charge in [-0.25, -0.2) is 19.6 Å².